The highest BCUT2D eigenvalue weighted by Crippen LogP contribution is 2.39. The molecule has 1 aliphatic heterocycles. The van der Waals surface area contributed by atoms with Crippen LogP contribution in [0.3, 0.4) is 0 Å². The lowest BCUT2D eigenvalue weighted by Gasteiger charge is -2.35. The predicted molar refractivity (Wildman–Crippen MR) is 107 cm³/mol. The standard InChI is InChI=1S/C23H24N2O3/c1-24-22(28)25(21(27)23(24)14-6-3-7-15-23)16-20(26)19-12-10-18(11-13-19)17-8-4-2-5-9-17/h2,4-5,8-13H,3,6-7,14-16H2,1H3. The summed E-state index contributed by atoms with van der Waals surface area (Å²) < 4.78 is 0. The van der Waals surface area contributed by atoms with Crippen LogP contribution in [0, 0.1) is 0 Å². The Morgan fingerprint density at radius 2 is 1.50 bits per heavy atom. The molecule has 0 atom stereocenters. The molecule has 0 bridgehead atoms. The van der Waals surface area contributed by atoms with Gasteiger partial charge in [0.1, 0.15) is 5.54 Å². The van der Waals surface area contributed by atoms with Crippen LogP contribution >= 0.6 is 0 Å². The van der Waals surface area contributed by atoms with Crippen LogP contribution < -0.4 is 0 Å². The highest BCUT2D eigenvalue weighted by molar-refractivity contribution is 6.11. The summed E-state index contributed by atoms with van der Waals surface area (Å²) in [5.74, 6) is -0.434. The molecule has 0 aromatic heterocycles. The van der Waals surface area contributed by atoms with Crippen molar-refractivity contribution in [3.05, 3.63) is 60.2 Å². The Morgan fingerprint density at radius 1 is 0.893 bits per heavy atom. The van der Waals surface area contributed by atoms with Crippen LogP contribution in [0.15, 0.2) is 54.6 Å². The second-order valence-electron chi connectivity index (χ2n) is 7.69. The van der Waals surface area contributed by atoms with Gasteiger partial charge in [-0.15, -0.1) is 0 Å². The number of urea groups is 1. The first-order valence-corrected chi connectivity index (χ1v) is 9.81. The van der Waals surface area contributed by atoms with Crippen molar-refractivity contribution in [2.75, 3.05) is 13.6 Å². The van der Waals surface area contributed by atoms with E-state index in [0.29, 0.717) is 18.4 Å². The molecular weight excluding hydrogens is 352 g/mol. The Hall–Kier alpha value is -2.95. The molecule has 5 heteroatoms. The van der Waals surface area contributed by atoms with Gasteiger partial charge in [-0.2, -0.15) is 0 Å². The summed E-state index contributed by atoms with van der Waals surface area (Å²) in [7, 11) is 1.69. The monoisotopic (exact) mass is 376 g/mol. The lowest BCUT2D eigenvalue weighted by atomic mass is 9.80. The number of Topliss-reactive ketones (excluding diaryl/α,β-unsaturated/α-hetero) is 1. The maximum absolute atomic E-state index is 13.0. The van der Waals surface area contributed by atoms with Gasteiger partial charge in [-0.3, -0.25) is 14.5 Å². The van der Waals surface area contributed by atoms with Gasteiger partial charge in [0.25, 0.3) is 5.91 Å². The van der Waals surface area contributed by atoms with E-state index in [4.69, 9.17) is 0 Å². The SMILES string of the molecule is CN1C(=O)N(CC(=O)c2ccc(-c3ccccc3)cc2)C(=O)C12CCCCC2. The van der Waals surface area contributed by atoms with Crippen molar-refractivity contribution in [3.8, 4) is 11.1 Å². The minimum Gasteiger partial charge on any atom is -0.313 e. The number of likely N-dealkylation sites (N-methyl/N-ethyl adjacent to an activating group) is 1. The molecule has 2 aromatic carbocycles. The number of rotatable bonds is 4. The van der Waals surface area contributed by atoms with Gasteiger partial charge in [0.05, 0.1) is 6.54 Å². The number of benzene rings is 2. The average Bonchev–Trinajstić information content (AvgIpc) is 2.91. The fraction of sp³-hybridized carbons (Fsp3) is 0.348. The topological polar surface area (TPSA) is 57.7 Å². The van der Waals surface area contributed by atoms with E-state index in [1.54, 1.807) is 24.1 Å². The average molecular weight is 376 g/mol. The molecule has 144 valence electrons. The predicted octanol–water partition coefficient (Wildman–Crippen LogP) is 4.13. The van der Waals surface area contributed by atoms with Crippen LogP contribution in [0.1, 0.15) is 42.5 Å². The van der Waals surface area contributed by atoms with Crippen molar-refractivity contribution in [1.29, 1.82) is 0 Å². The molecular formula is C23H24N2O3. The van der Waals surface area contributed by atoms with Gasteiger partial charge >= 0.3 is 6.03 Å². The van der Waals surface area contributed by atoms with Crippen LogP contribution in [0.2, 0.25) is 0 Å². The van der Waals surface area contributed by atoms with Crippen molar-refractivity contribution in [1.82, 2.24) is 9.80 Å². The molecule has 2 aliphatic rings. The number of ketones is 1. The van der Waals surface area contributed by atoms with Gasteiger partial charge in [-0.05, 0) is 24.0 Å². The van der Waals surface area contributed by atoms with Gasteiger partial charge < -0.3 is 4.90 Å². The first kappa shape index (κ1) is 18.4. The van der Waals surface area contributed by atoms with Crippen LogP contribution in [-0.4, -0.2) is 46.7 Å². The number of nitrogens with zero attached hydrogens (tertiary/aromatic N) is 2. The second kappa shape index (κ2) is 7.23. The van der Waals surface area contributed by atoms with E-state index in [2.05, 4.69) is 0 Å². The molecule has 28 heavy (non-hydrogen) atoms. The molecule has 2 fully saturated rings. The second-order valence-corrected chi connectivity index (χ2v) is 7.69. The van der Waals surface area contributed by atoms with Crippen molar-refractivity contribution in [3.63, 3.8) is 0 Å². The lowest BCUT2D eigenvalue weighted by Crippen LogP contribution is -2.49. The van der Waals surface area contributed by atoms with Crippen molar-refractivity contribution >= 4 is 17.7 Å². The van der Waals surface area contributed by atoms with E-state index in [9.17, 15) is 14.4 Å². The summed E-state index contributed by atoms with van der Waals surface area (Å²) in [6, 6.07) is 16.9. The van der Waals surface area contributed by atoms with Crippen LogP contribution in [0.25, 0.3) is 11.1 Å². The third kappa shape index (κ3) is 3.01. The Bertz CT molecular complexity index is 899. The number of imide groups is 1. The fourth-order valence-electron chi connectivity index (χ4n) is 4.39. The number of carbonyl (C=O) groups is 3. The van der Waals surface area contributed by atoms with Gasteiger partial charge in [0, 0.05) is 12.6 Å². The van der Waals surface area contributed by atoms with Gasteiger partial charge in [-0.25, -0.2) is 4.79 Å². The van der Waals surface area contributed by atoms with Gasteiger partial charge in [0.2, 0.25) is 0 Å². The summed E-state index contributed by atoms with van der Waals surface area (Å²) in [4.78, 5) is 41.1. The Labute approximate surface area is 164 Å². The summed E-state index contributed by atoms with van der Waals surface area (Å²) in [6.07, 6.45) is 4.33. The molecule has 0 radical (unpaired) electrons. The minimum atomic E-state index is -0.743. The van der Waals surface area contributed by atoms with Gasteiger partial charge in [0.15, 0.2) is 5.78 Å². The van der Waals surface area contributed by atoms with E-state index in [1.165, 1.54) is 0 Å². The maximum atomic E-state index is 13.0. The molecule has 0 unspecified atom stereocenters. The highest BCUT2D eigenvalue weighted by atomic mass is 16.2. The Morgan fingerprint density at radius 3 is 2.14 bits per heavy atom. The molecule has 1 heterocycles. The molecule has 1 saturated heterocycles. The number of amides is 3. The molecule has 4 rings (SSSR count). The molecule has 1 aliphatic carbocycles. The summed E-state index contributed by atoms with van der Waals surface area (Å²) in [5.41, 5.74) is 1.86. The van der Waals surface area contributed by atoms with Crippen molar-refractivity contribution in [2.24, 2.45) is 0 Å². The van der Waals surface area contributed by atoms with Crippen molar-refractivity contribution < 1.29 is 14.4 Å². The molecule has 0 N–H and O–H groups in total. The smallest absolute Gasteiger partial charge is 0.313 e. The third-order valence-corrected chi connectivity index (χ3v) is 6.10. The zero-order valence-electron chi connectivity index (χ0n) is 16.1. The quantitative estimate of drug-likeness (QED) is 0.595. The van der Waals surface area contributed by atoms with E-state index >= 15 is 0 Å². The number of carbonyl (C=O) groups excluding carboxylic acids is 3. The molecule has 1 spiro atoms. The van der Waals surface area contributed by atoms with E-state index in [0.717, 1.165) is 35.3 Å². The first-order valence-electron chi connectivity index (χ1n) is 9.81. The Balaban J connectivity index is 1.50. The number of hydrogen-bond donors (Lipinski definition) is 0. The van der Waals surface area contributed by atoms with Crippen molar-refractivity contribution in [2.45, 2.75) is 37.6 Å². The minimum absolute atomic E-state index is 0.200. The van der Waals surface area contributed by atoms with Crippen LogP contribution in [0.4, 0.5) is 4.79 Å². The summed E-state index contributed by atoms with van der Waals surface area (Å²) >= 11 is 0. The molecule has 1 saturated carbocycles. The normalized spacial score (nSPS) is 18.8. The largest absolute Gasteiger partial charge is 0.327 e. The first-order chi connectivity index (χ1) is 13.5. The van der Waals surface area contributed by atoms with E-state index in [-0.39, 0.29) is 24.3 Å². The Kier molecular flexibility index (Phi) is 4.75. The third-order valence-electron chi connectivity index (χ3n) is 6.10. The van der Waals surface area contributed by atoms with Gasteiger partial charge in [-0.1, -0.05) is 73.9 Å². The van der Waals surface area contributed by atoms with E-state index < -0.39 is 5.54 Å². The summed E-state index contributed by atoms with van der Waals surface area (Å²) in [5, 5.41) is 0. The maximum Gasteiger partial charge on any atom is 0.327 e. The molecule has 5 nitrogen and oxygen atoms in total. The fourth-order valence-corrected chi connectivity index (χ4v) is 4.39. The zero-order chi connectivity index (χ0) is 19.7. The molecule has 3 amide bonds. The number of hydrogen-bond acceptors (Lipinski definition) is 3. The molecule has 2 aromatic rings. The van der Waals surface area contributed by atoms with Crippen LogP contribution in [-0.2, 0) is 4.79 Å². The lowest BCUT2D eigenvalue weighted by molar-refractivity contribution is -0.134. The van der Waals surface area contributed by atoms with E-state index in [1.807, 2.05) is 42.5 Å². The highest BCUT2D eigenvalue weighted by Gasteiger charge is 2.55. The van der Waals surface area contributed by atoms with Crippen LogP contribution in [0.5, 0.6) is 0 Å². The zero-order valence-corrected chi connectivity index (χ0v) is 16.1. The summed E-state index contributed by atoms with van der Waals surface area (Å²) in [6.45, 7) is -0.200.